The van der Waals surface area contributed by atoms with Crippen LogP contribution in [0.4, 0.5) is 0 Å². The molecule has 0 spiro atoms. The van der Waals surface area contributed by atoms with Crippen LogP contribution in [0.3, 0.4) is 0 Å². The van der Waals surface area contributed by atoms with Crippen LogP contribution in [0, 0.1) is 17.8 Å². The smallest absolute Gasteiger partial charge is 0.253 e. The molecular formula is C22H27ClN4O3. The van der Waals surface area contributed by atoms with Crippen LogP contribution in [0.1, 0.15) is 16.8 Å². The molecule has 2 aromatic rings. The monoisotopic (exact) mass is 430 g/mol. The first-order valence-electron chi connectivity index (χ1n) is 10.6. The predicted molar refractivity (Wildman–Crippen MR) is 114 cm³/mol. The molecule has 2 aliphatic heterocycles. The number of hydrogen-bond donors (Lipinski definition) is 3. The normalized spacial score (nSPS) is 35.9. The van der Waals surface area contributed by atoms with Crippen molar-refractivity contribution in [2.24, 2.45) is 23.5 Å². The lowest BCUT2D eigenvalue weighted by atomic mass is 9.96. The van der Waals surface area contributed by atoms with E-state index >= 15 is 0 Å². The van der Waals surface area contributed by atoms with Crippen molar-refractivity contribution >= 4 is 28.4 Å². The number of nitrogens with zero attached hydrogens (tertiary/aromatic N) is 2. The Morgan fingerprint density at radius 3 is 3.00 bits per heavy atom. The third-order valence-electron chi connectivity index (χ3n) is 7.09. The summed E-state index contributed by atoms with van der Waals surface area (Å²) in [5.41, 5.74) is 7.77. The van der Waals surface area contributed by atoms with Crippen LogP contribution in [0.15, 0.2) is 36.5 Å². The Balaban J connectivity index is 1.20. The number of ether oxygens (including phenoxy) is 1. The molecule has 8 heteroatoms. The first kappa shape index (κ1) is 20.2. The van der Waals surface area contributed by atoms with E-state index in [1.54, 1.807) is 12.3 Å². The summed E-state index contributed by atoms with van der Waals surface area (Å²) in [4.78, 5) is 18.8. The number of carbonyl (C=O) groups is 1. The minimum Gasteiger partial charge on any atom is -0.390 e. The van der Waals surface area contributed by atoms with Gasteiger partial charge in [0.1, 0.15) is 0 Å². The van der Waals surface area contributed by atoms with Gasteiger partial charge in [-0.05, 0) is 18.6 Å². The van der Waals surface area contributed by atoms with E-state index in [2.05, 4.69) is 15.2 Å². The number of halogens is 1. The summed E-state index contributed by atoms with van der Waals surface area (Å²) in [6.45, 7) is 3.10. The number of nitrogens with one attached hydrogen (secondary N) is 1. The Labute approximate surface area is 180 Å². The second-order valence-corrected chi connectivity index (χ2v) is 9.38. The van der Waals surface area contributed by atoms with Gasteiger partial charge in [-0.2, -0.15) is 0 Å². The van der Waals surface area contributed by atoms with Gasteiger partial charge in [-0.1, -0.05) is 18.2 Å². The fraction of sp³-hybridized carbons (Fsp3) is 0.545. The third kappa shape index (κ3) is 3.29. The van der Waals surface area contributed by atoms with E-state index < -0.39 is 11.0 Å². The molecule has 7 nitrogen and oxygen atoms in total. The molecule has 0 radical (unpaired) electrons. The summed E-state index contributed by atoms with van der Waals surface area (Å²) in [5.74, 6) is 0.425. The Morgan fingerprint density at radius 2 is 2.23 bits per heavy atom. The van der Waals surface area contributed by atoms with Crippen molar-refractivity contribution in [1.29, 1.82) is 0 Å². The van der Waals surface area contributed by atoms with Crippen LogP contribution in [-0.4, -0.2) is 70.9 Å². The SMILES string of the molecule is NC1N(CC2CCOCC2O)CC2C(CNC(=O)c3cccc4cccnc34)C21Cl. The van der Waals surface area contributed by atoms with Crippen molar-refractivity contribution < 1.29 is 14.6 Å². The second kappa shape index (κ2) is 7.73. The zero-order chi connectivity index (χ0) is 20.9. The minimum atomic E-state index is -0.513. The predicted octanol–water partition coefficient (Wildman–Crippen LogP) is 1.19. The zero-order valence-corrected chi connectivity index (χ0v) is 17.5. The summed E-state index contributed by atoms with van der Waals surface area (Å²) in [6.07, 6.45) is 1.81. The standard InChI is InChI=1S/C22H27ClN4O3/c23-22-16(9-26-20(29)15-5-1-3-13-4-2-7-25-19(13)15)17(22)11-27(21(22)24)10-14-6-8-30-12-18(14)28/h1-5,7,14,16-18,21,28H,6,8-12,24H2,(H,26,29). The maximum absolute atomic E-state index is 12.8. The molecule has 1 amide bonds. The summed E-state index contributed by atoms with van der Waals surface area (Å²) in [5, 5.41) is 14.1. The average Bonchev–Trinajstić information content (AvgIpc) is 3.25. The highest BCUT2D eigenvalue weighted by molar-refractivity contribution is 6.27. The summed E-state index contributed by atoms with van der Waals surface area (Å²) in [6, 6.07) is 9.41. The number of hydrogen-bond acceptors (Lipinski definition) is 6. The summed E-state index contributed by atoms with van der Waals surface area (Å²) >= 11 is 6.91. The number of piperidine rings is 1. The number of likely N-dealkylation sites (tertiary alicyclic amines) is 1. The largest absolute Gasteiger partial charge is 0.390 e. The maximum Gasteiger partial charge on any atom is 0.253 e. The molecule has 6 unspecified atom stereocenters. The summed E-state index contributed by atoms with van der Waals surface area (Å²) in [7, 11) is 0. The van der Waals surface area contributed by atoms with Gasteiger partial charge < -0.3 is 20.9 Å². The molecule has 5 rings (SSSR count). The molecule has 160 valence electrons. The molecule has 2 saturated heterocycles. The quantitative estimate of drug-likeness (QED) is 0.616. The van der Waals surface area contributed by atoms with Crippen molar-refractivity contribution in [2.75, 3.05) is 32.8 Å². The Bertz CT molecular complexity index is 954. The fourth-order valence-electron chi connectivity index (χ4n) is 5.23. The number of aliphatic hydroxyl groups excluding tert-OH is 1. The van der Waals surface area contributed by atoms with Crippen molar-refractivity contribution in [3.8, 4) is 0 Å². The van der Waals surface area contributed by atoms with Crippen LogP contribution in [0.25, 0.3) is 10.9 Å². The third-order valence-corrected chi connectivity index (χ3v) is 7.87. The number of aromatic nitrogens is 1. The van der Waals surface area contributed by atoms with E-state index in [1.807, 2.05) is 24.3 Å². The van der Waals surface area contributed by atoms with E-state index in [4.69, 9.17) is 22.1 Å². The first-order valence-corrected chi connectivity index (χ1v) is 10.9. The molecule has 1 aliphatic carbocycles. The Kier molecular flexibility index (Phi) is 5.19. The fourth-order valence-corrected chi connectivity index (χ4v) is 5.75. The van der Waals surface area contributed by atoms with Crippen LogP contribution >= 0.6 is 11.6 Å². The number of nitrogens with two attached hydrogens (primary N) is 1. The first-order chi connectivity index (χ1) is 14.5. The summed E-state index contributed by atoms with van der Waals surface area (Å²) < 4.78 is 5.32. The topological polar surface area (TPSA) is 101 Å². The highest BCUT2D eigenvalue weighted by atomic mass is 35.5. The van der Waals surface area contributed by atoms with E-state index in [1.165, 1.54) is 0 Å². The van der Waals surface area contributed by atoms with Crippen LogP contribution in [-0.2, 0) is 4.74 Å². The van der Waals surface area contributed by atoms with Gasteiger partial charge >= 0.3 is 0 Å². The van der Waals surface area contributed by atoms with E-state index in [9.17, 15) is 9.90 Å². The maximum atomic E-state index is 12.8. The van der Waals surface area contributed by atoms with Gasteiger partial charge in [-0.3, -0.25) is 14.7 Å². The van der Waals surface area contributed by atoms with Gasteiger partial charge in [-0.25, -0.2) is 0 Å². The molecule has 3 heterocycles. The van der Waals surface area contributed by atoms with Gasteiger partial charge in [0.15, 0.2) is 0 Å². The molecule has 3 fully saturated rings. The minimum absolute atomic E-state index is 0.139. The Hall–Kier alpha value is -1.77. The lowest BCUT2D eigenvalue weighted by molar-refractivity contribution is -0.0546. The molecule has 6 atom stereocenters. The number of benzene rings is 1. The molecule has 4 N–H and O–H groups in total. The van der Waals surface area contributed by atoms with Gasteiger partial charge in [0.2, 0.25) is 0 Å². The average molecular weight is 431 g/mol. The van der Waals surface area contributed by atoms with Gasteiger partial charge in [0.25, 0.3) is 5.91 Å². The lowest BCUT2D eigenvalue weighted by Gasteiger charge is -2.35. The second-order valence-electron chi connectivity index (χ2n) is 8.72. The number of rotatable bonds is 5. The molecule has 1 saturated carbocycles. The van der Waals surface area contributed by atoms with E-state index in [0.29, 0.717) is 30.8 Å². The van der Waals surface area contributed by atoms with Crippen molar-refractivity contribution in [1.82, 2.24) is 15.2 Å². The van der Waals surface area contributed by atoms with E-state index in [0.717, 1.165) is 24.9 Å². The number of para-hydroxylation sites is 1. The number of aliphatic hydroxyl groups is 1. The molecule has 3 aliphatic rings. The molecule has 30 heavy (non-hydrogen) atoms. The number of alkyl halides is 1. The molecule has 0 bridgehead atoms. The number of fused-ring (bicyclic) bond motifs is 2. The van der Waals surface area contributed by atoms with Gasteiger partial charge in [0, 0.05) is 55.6 Å². The number of pyridine rings is 1. The number of carbonyl (C=O) groups excluding carboxylic acids is 1. The Morgan fingerprint density at radius 1 is 1.40 bits per heavy atom. The molecule has 1 aromatic carbocycles. The highest BCUT2D eigenvalue weighted by Gasteiger charge is 2.72. The van der Waals surface area contributed by atoms with Gasteiger partial charge in [-0.15, -0.1) is 11.6 Å². The van der Waals surface area contributed by atoms with Crippen LogP contribution in [0.5, 0.6) is 0 Å². The van der Waals surface area contributed by atoms with Crippen LogP contribution in [0.2, 0.25) is 0 Å². The van der Waals surface area contributed by atoms with Crippen molar-refractivity contribution in [3.05, 3.63) is 42.1 Å². The molecule has 1 aromatic heterocycles. The number of amides is 1. The highest BCUT2D eigenvalue weighted by Crippen LogP contribution is 2.62. The molecular weight excluding hydrogens is 404 g/mol. The van der Waals surface area contributed by atoms with Crippen LogP contribution < -0.4 is 11.1 Å². The van der Waals surface area contributed by atoms with E-state index in [-0.39, 0.29) is 29.8 Å². The van der Waals surface area contributed by atoms with Gasteiger partial charge in [0.05, 0.1) is 34.8 Å². The lowest BCUT2D eigenvalue weighted by Crippen LogP contribution is -2.51. The van der Waals surface area contributed by atoms with Crippen molar-refractivity contribution in [2.45, 2.75) is 23.6 Å². The van der Waals surface area contributed by atoms with Crippen molar-refractivity contribution in [3.63, 3.8) is 0 Å². The zero-order valence-electron chi connectivity index (χ0n) is 16.7.